The van der Waals surface area contributed by atoms with Crippen LogP contribution in [-0.2, 0) is 17.8 Å². The molecule has 1 aromatic carbocycles. The van der Waals surface area contributed by atoms with Crippen LogP contribution in [0.1, 0.15) is 30.1 Å². The SMILES string of the molecule is Cc1csc(CNc2cccc(CN3C[C@H](C)O[C@@H](C)C3)c2)n1. The number of hydrogen-bond donors (Lipinski definition) is 1. The lowest BCUT2D eigenvalue weighted by Gasteiger charge is -2.35. The monoisotopic (exact) mass is 331 g/mol. The van der Waals surface area contributed by atoms with Gasteiger partial charge in [-0.1, -0.05) is 12.1 Å². The minimum atomic E-state index is 0.313. The zero-order valence-corrected chi connectivity index (χ0v) is 14.9. The fraction of sp³-hybridized carbons (Fsp3) is 0.500. The van der Waals surface area contributed by atoms with Gasteiger partial charge in [-0.3, -0.25) is 4.90 Å². The van der Waals surface area contributed by atoms with E-state index in [0.717, 1.165) is 42.6 Å². The van der Waals surface area contributed by atoms with Crippen LogP contribution in [0.25, 0.3) is 0 Å². The quantitative estimate of drug-likeness (QED) is 0.907. The number of ether oxygens (including phenoxy) is 1. The summed E-state index contributed by atoms with van der Waals surface area (Å²) in [6.07, 6.45) is 0.626. The molecule has 124 valence electrons. The molecule has 2 aromatic rings. The van der Waals surface area contributed by atoms with Crippen molar-refractivity contribution in [2.45, 2.75) is 46.1 Å². The first-order valence-corrected chi connectivity index (χ1v) is 9.08. The lowest BCUT2D eigenvalue weighted by Crippen LogP contribution is -2.44. The van der Waals surface area contributed by atoms with E-state index in [9.17, 15) is 0 Å². The van der Waals surface area contributed by atoms with E-state index in [0.29, 0.717) is 12.2 Å². The molecule has 1 aliphatic rings. The Morgan fingerprint density at radius 1 is 1.30 bits per heavy atom. The molecule has 0 unspecified atom stereocenters. The highest BCUT2D eigenvalue weighted by atomic mass is 32.1. The molecular weight excluding hydrogens is 306 g/mol. The third-order valence-corrected chi connectivity index (χ3v) is 4.91. The zero-order valence-electron chi connectivity index (χ0n) is 14.1. The van der Waals surface area contributed by atoms with Gasteiger partial charge in [0.2, 0.25) is 0 Å². The number of benzene rings is 1. The molecule has 0 saturated carbocycles. The van der Waals surface area contributed by atoms with E-state index in [1.165, 1.54) is 5.56 Å². The molecular formula is C18H25N3OS. The molecule has 0 radical (unpaired) electrons. The largest absolute Gasteiger partial charge is 0.379 e. The number of rotatable bonds is 5. The molecule has 4 nitrogen and oxygen atoms in total. The molecule has 1 aromatic heterocycles. The van der Waals surface area contributed by atoms with Gasteiger partial charge in [-0.2, -0.15) is 0 Å². The highest BCUT2D eigenvalue weighted by Gasteiger charge is 2.21. The number of anilines is 1. The van der Waals surface area contributed by atoms with Crippen LogP contribution in [-0.4, -0.2) is 35.2 Å². The van der Waals surface area contributed by atoms with Crippen LogP contribution in [0, 0.1) is 6.92 Å². The predicted octanol–water partition coefficient (Wildman–Crippen LogP) is 3.67. The van der Waals surface area contributed by atoms with Gasteiger partial charge in [0.05, 0.1) is 18.8 Å². The number of aromatic nitrogens is 1. The number of nitrogens with one attached hydrogen (secondary N) is 1. The number of aryl methyl sites for hydroxylation is 1. The first kappa shape index (κ1) is 16.4. The molecule has 0 aliphatic carbocycles. The Balaban J connectivity index is 1.58. The first-order chi connectivity index (χ1) is 11.1. The molecule has 0 spiro atoms. The fourth-order valence-electron chi connectivity index (χ4n) is 3.11. The summed E-state index contributed by atoms with van der Waals surface area (Å²) < 4.78 is 5.81. The highest BCUT2D eigenvalue weighted by Crippen LogP contribution is 2.18. The number of thiazole rings is 1. The summed E-state index contributed by atoms with van der Waals surface area (Å²) in [6, 6.07) is 8.68. The Labute approximate surface area is 142 Å². The summed E-state index contributed by atoms with van der Waals surface area (Å²) in [4.78, 5) is 6.97. The number of morpholine rings is 1. The topological polar surface area (TPSA) is 37.4 Å². The van der Waals surface area contributed by atoms with E-state index in [4.69, 9.17) is 4.74 Å². The average Bonchev–Trinajstić information content (AvgIpc) is 2.90. The Kier molecular flexibility index (Phi) is 5.30. The molecule has 0 amide bonds. The summed E-state index contributed by atoms with van der Waals surface area (Å²) in [5, 5.41) is 6.69. The Bertz CT molecular complexity index is 633. The van der Waals surface area contributed by atoms with Gasteiger partial charge in [-0.05, 0) is 38.5 Å². The second-order valence-electron chi connectivity index (χ2n) is 6.39. The number of hydrogen-bond acceptors (Lipinski definition) is 5. The average molecular weight is 331 g/mol. The molecule has 2 heterocycles. The molecule has 2 atom stereocenters. The van der Waals surface area contributed by atoms with Crippen LogP contribution in [0.5, 0.6) is 0 Å². The lowest BCUT2D eigenvalue weighted by molar-refractivity contribution is -0.0704. The maximum Gasteiger partial charge on any atom is 0.112 e. The van der Waals surface area contributed by atoms with Crippen LogP contribution in [0.4, 0.5) is 5.69 Å². The summed E-state index contributed by atoms with van der Waals surface area (Å²) in [6.45, 7) is 10.1. The van der Waals surface area contributed by atoms with Gasteiger partial charge in [0.25, 0.3) is 0 Å². The van der Waals surface area contributed by atoms with Crippen LogP contribution < -0.4 is 5.32 Å². The van der Waals surface area contributed by atoms with Gasteiger partial charge < -0.3 is 10.1 Å². The van der Waals surface area contributed by atoms with Gasteiger partial charge in [-0.25, -0.2) is 4.98 Å². The summed E-state index contributed by atoms with van der Waals surface area (Å²) in [5.41, 5.74) is 3.59. The third-order valence-electron chi connectivity index (χ3n) is 3.94. The maximum absolute atomic E-state index is 5.81. The normalized spacial score (nSPS) is 22.2. The molecule has 1 aliphatic heterocycles. The maximum atomic E-state index is 5.81. The zero-order chi connectivity index (χ0) is 16.2. The Hall–Kier alpha value is -1.43. The van der Waals surface area contributed by atoms with Crippen LogP contribution in [0.2, 0.25) is 0 Å². The highest BCUT2D eigenvalue weighted by molar-refractivity contribution is 7.09. The van der Waals surface area contributed by atoms with E-state index in [2.05, 4.69) is 58.7 Å². The second kappa shape index (κ2) is 7.43. The minimum Gasteiger partial charge on any atom is -0.379 e. The second-order valence-corrected chi connectivity index (χ2v) is 7.33. The van der Waals surface area contributed by atoms with Gasteiger partial charge in [0, 0.05) is 36.4 Å². The van der Waals surface area contributed by atoms with Gasteiger partial charge in [-0.15, -0.1) is 11.3 Å². The summed E-state index contributed by atoms with van der Waals surface area (Å²) >= 11 is 1.71. The summed E-state index contributed by atoms with van der Waals surface area (Å²) in [5.74, 6) is 0. The van der Waals surface area contributed by atoms with Crippen molar-refractivity contribution in [1.82, 2.24) is 9.88 Å². The molecule has 3 rings (SSSR count). The van der Waals surface area contributed by atoms with Gasteiger partial charge in [0.1, 0.15) is 5.01 Å². The fourth-order valence-corrected chi connectivity index (χ4v) is 3.82. The summed E-state index contributed by atoms with van der Waals surface area (Å²) in [7, 11) is 0. The van der Waals surface area contributed by atoms with Gasteiger partial charge >= 0.3 is 0 Å². The number of nitrogens with zero attached hydrogens (tertiary/aromatic N) is 2. The Morgan fingerprint density at radius 2 is 2.09 bits per heavy atom. The molecule has 0 bridgehead atoms. The van der Waals surface area contributed by atoms with Crippen molar-refractivity contribution >= 4 is 17.0 Å². The van der Waals surface area contributed by atoms with E-state index in [-0.39, 0.29) is 0 Å². The van der Waals surface area contributed by atoms with Gasteiger partial charge in [0.15, 0.2) is 0 Å². The third kappa shape index (κ3) is 4.77. The molecule has 1 saturated heterocycles. The van der Waals surface area contributed by atoms with E-state index >= 15 is 0 Å². The van der Waals surface area contributed by atoms with Crippen molar-refractivity contribution < 1.29 is 4.74 Å². The van der Waals surface area contributed by atoms with E-state index in [1.807, 2.05) is 6.92 Å². The van der Waals surface area contributed by atoms with Crippen LogP contribution >= 0.6 is 11.3 Å². The predicted molar refractivity (Wildman–Crippen MR) is 95.9 cm³/mol. The lowest BCUT2D eigenvalue weighted by atomic mass is 10.1. The van der Waals surface area contributed by atoms with Crippen molar-refractivity contribution in [3.05, 3.63) is 45.9 Å². The molecule has 23 heavy (non-hydrogen) atoms. The van der Waals surface area contributed by atoms with Crippen molar-refractivity contribution in [2.24, 2.45) is 0 Å². The smallest absolute Gasteiger partial charge is 0.112 e. The van der Waals surface area contributed by atoms with E-state index < -0.39 is 0 Å². The van der Waals surface area contributed by atoms with Crippen molar-refractivity contribution in [3.63, 3.8) is 0 Å². The molecule has 1 N–H and O–H groups in total. The van der Waals surface area contributed by atoms with Crippen molar-refractivity contribution in [2.75, 3.05) is 18.4 Å². The molecule has 5 heteroatoms. The standard InChI is InChI=1S/C18H25N3OS/c1-13-12-23-18(20-13)8-19-17-6-4-5-16(7-17)11-21-9-14(2)22-15(3)10-21/h4-7,12,14-15,19H,8-11H2,1-3H3/t14-,15-/m0/s1. The minimum absolute atomic E-state index is 0.313. The van der Waals surface area contributed by atoms with Crippen molar-refractivity contribution in [3.8, 4) is 0 Å². The van der Waals surface area contributed by atoms with E-state index in [1.54, 1.807) is 11.3 Å². The van der Waals surface area contributed by atoms with Crippen LogP contribution in [0.3, 0.4) is 0 Å². The first-order valence-electron chi connectivity index (χ1n) is 8.20. The van der Waals surface area contributed by atoms with Crippen molar-refractivity contribution in [1.29, 1.82) is 0 Å². The molecule has 1 fully saturated rings. The Morgan fingerprint density at radius 3 is 2.78 bits per heavy atom. The van der Waals surface area contributed by atoms with Crippen LogP contribution in [0.15, 0.2) is 29.6 Å².